The van der Waals surface area contributed by atoms with E-state index >= 15 is 0 Å². The summed E-state index contributed by atoms with van der Waals surface area (Å²) in [6, 6.07) is 0. The van der Waals surface area contributed by atoms with Crippen molar-refractivity contribution in [2.24, 2.45) is 0 Å². The second kappa shape index (κ2) is 5.74. The molecule has 0 aliphatic heterocycles. The molecule has 0 amide bonds. The van der Waals surface area contributed by atoms with Gasteiger partial charge in [0.25, 0.3) is 0 Å². The second-order valence-electron chi connectivity index (χ2n) is 2.07. The Labute approximate surface area is 69.8 Å². The van der Waals surface area contributed by atoms with Crippen LogP contribution in [0.4, 0.5) is 0 Å². The molecule has 0 N–H and O–H groups in total. The minimum Gasteiger partial charge on any atom is -0.458 e. The molecule has 0 rings (SSSR count). The van der Waals surface area contributed by atoms with E-state index in [0.717, 1.165) is 0 Å². The molecule has 9 heavy (non-hydrogen) atoms. The van der Waals surface area contributed by atoms with E-state index in [1.165, 1.54) is 0 Å². The van der Waals surface area contributed by atoms with Crippen LogP contribution in [-0.4, -0.2) is 29.1 Å². The van der Waals surface area contributed by atoms with E-state index in [2.05, 4.69) is 13.1 Å². The van der Waals surface area contributed by atoms with Gasteiger partial charge in [-0.3, -0.25) is 0 Å². The molecule has 5 heteroatoms. The maximum absolute atomic E-state index is 5.57. The van der Waals surface area contributed by atoms with Crippen molar-refractivity contribution < 1.29 is 4.12 Å². The van der Waals surface area contributed by atoms with E-state index < -0.39 is 18.1 Å². The van der Waals surface area contributed by atoms with E-state index in [1.54, 1.807) is 0 Å². The maximum atomic E-state index is 5.57. The van der Waals surface area contributed by atoms with Gasteiger partial charge in [-0.1, -0.05) is 0 Å². The SMILES string of the molecule is C[SiH](CCl)O[SiH](C)CCl. The monoisotopic (exact) mass is 202 g/mol. The summed E-state index contributed by atoms with van der Waals surface area (Å²) in [5.74, 6) is 0. The first kappa shape index (κ1) is 9.97. The molecule has 2 atom stereocenters. The molecule has 0 bridgehead atoms. The highest BCUT2D eigenvalue weighted by Crippen LogP contribution is 1.95. The number of alkyl halides is 2. The van der Waals surface area contributed by atoms with Crippen LogP contribution in [0.1, 0.15) is 0 Å². The molecular weight excluding hydrogens is 191 g/mol. The third-order valence-electron chi connectivity index (χ3n) is 0.899. The normalized spacial score (nSPS) is 17.3. The van der Waals surface area contributed by atoms with E-state index in [1.807, 2.05) is 0 Å². The zero-order valence-electron chi connectivity index (χ0n) is 5.73. The smallest absolute Gasteiger partial charge is 0.174 e. The average molecular weight is 203 g/mol. The quantitative estimate of drug-likeness (QED) is 0.494. The number of hydrogen-bond acceptors (Lipinski definition) is 1. The van der Waals surface area contributed by atoms with Gasteiger partial charge in [0, 0.05) is 11.0 Å². The van der Waals surface area contributed by atoms with Gasteiger partial charge in [0.05, 0.1) is 0 Å². The fraction of sp³-hybridized carbons (Fsp3) is 1.00. The van der Waals surface area contributed by atoms with Gasteiger partial charge in [-0.25, -0.2) is 0 Å². The fourth-order valence-corrected chi connectivity index (χ4v) is 5.53. The Kier molecular flexibility index (Phi) is 6.36. The summed E-state index contributed by atoms with van der Waals surface area (Å²) in [4.78, 5) is 0. The van der Waals surface area contributed by atoms with Gasteiger partial charge in [-0.05, 0) is 13.1 Å². The first-order chi connectivity index (χ1) is 4.20. The van der Waals surface area contributed by atoms with Crippen LogP contribution in [-0.2, 0) is 4.12 Å². The Morgan fingerprint density at radius 2 is 1.44 bits per heavy atom. The van der Waals surface area contributed by atoms with E-state index in [0.29, 0.717) is 11.0 Å². The van der Waals surface area contributed by atoms with Crippen LogP contribution < -0.4 is 0 Å². The lowest BCUT2D eigenvalue weighted by Gasteiger charge is -2.12. The summed E-state index contributed by atoms with van der Waals surface area (Å²) < 4.78 is 5.56. The van der Waals surface area contributed by atoms with Crippen molar-refractivity contribution >= 4 is 41.3 Å². The summed E-state index contributed by atoms with van der Waals surface area (Å²) in [5.41, 5.74) is 1.41. The van der Waals surface area contributed by atoms with Crippen molar-refractivity contribution in [1.29, 1.82) is 0 Å². The highest BCUT2D eigenvalue weighted by Gasteiger charge is 2.08. The van der Waals surface area contributed by atoms with Gasteiger partial charge < -0.3 is 4.12 Å². The molecule has 0 aromatic carbocycles. The molecule has 56 valence electrons. The summed E-state index contributed by atoms with van der Waals surface area (Å²) in [6.45, 7) is 4.20. The van der Waals surface area contributed by atoms with Crippen molar-refractivity contribution in [3.05, 3.63) is 0 Å². The van der Waals surface area contributed by atoms with E-state index in [4.69, 9.17) is 27.3 Å². The Bertz CT molecular complexity index is 65.6. The van der Waals surface area contributed by atoms with Gasteiger partial charge >= 0.3 is 0 Å². The van der Waals surface area contributed by atoms with Crippen LogP contribution in [0.25, 0.3) is 0 Å². The number of hydrogen-bond donors (Lipinski definition) is 0. The maximum Gasteiger partial charge on any atom is 0.174 e. The van der Waals surface area contributed by atoms with E-state index in [-0.39, 0.29) is 0 Å². The van der Waals surface area contributed by atoms with Crippen molar-refractivity contribution in [3.8, 4) is 0 Å². The fourth-order valence-electron chi connectivity index (χ4n) is 0.469. The molecule has 0 spiro atoms. The van der Waals surface area contributed by atoms with Crippen molar-refractivity contribution in [1.82, 2.24) is 0 Å². The molecule has 2 unspecified atom stereocenters. The topological polar surface area (TPSA) is 9.23 Å². The zero-order valence-corrected chi connectivity index (χ0v) is 9.55. The largest absolute Gasteiger partial charge is 0.458 e. The number of rotatable bonds is 4. The van der Waals surface area contributed by atoms with Crippen LogP contribution in [0, 0.1) is 0 Å². The van der Waals surface area contributed by atoms with Crippen molar-refractivity contribution in [2.45, 2.75) is 13.1 Å². The lowest BCUT2D eigenvalue weighted by Crippen LogP contribution is -2.27. The second-order valence-corrected chi connectivity index (χ2v) is 8.87. The predicted molar refractivity (Wildman–Crippen MR) is 48.6 cm³/mol. The van der Waals surface area contributed by atoms with E-state index in [9.17, 15) is 0 Å². The Morgan fingerprint density at radius 1 is 1.11 bits per heavy atom. The lowest BCUT2D eigenvalue weighted by atomic mass is 11.9. The Balaban J connectivity index is 3.22. The zero-order chi connectivity index (χ0) is 7.28. The third-order valence-corrected chi connectivity index (χ3v) is 8.09. The van der Waals surface area contributed by atoms with Gasteiger partial charge in [-0.15, -0.1) is 23.2 Å². The highest BCUT2D eigenvalue weighted by atomic mass is 35.5. The van der Waals surface area contributed by atoms with Gasteiger partial charge in [0.15, 0.2) is 18.1 Å². The lowest BCUT2D eigenvalue weighted by molar-refractivity contribution is 0.605. The first-order valence-electron chi connectivity index (χ1n) is 2.98. The third kappa shape index (κ3) is 5.42. The Hall–Kier alpha value is 0.974. The minimum absolute atomic E-state index is 0.703. The van der Waals surface area contributed by atoms with Crippen LogP contribution >= 0.6 is 23.2 Å². The molecule has 0 radical (unpaired) electrons. The molecule has 0 saturated carbocycles. The summed E-state index contributed by atoms with van der Waals surface area (Å²) in [5, 5.41) is 0. The molecule has 0 fully saturated rings. The summed E-state index contributed by atoms with van der Waals surface area (Å²) in [7, 11) is -2.03. The molecule has 0 aromatic rings. The van der Waals surface area contributed by atoms with Crippen LogP contribution in [0.2, 0.25) is 13.1 Å². The summed E-state index contributed by atoms with van der Waals surface area (Å²) >= 11 is 11.1. The summed E-state index contributed by atoms with van der Waals surface area (Å²) in [6.07, 6.45) is 0. The standard InChI is InChI=1S/C4H12Cl2OSi2/c1-8(3-5)7-9(2)4-6/h8-9H,3-4H2,1-2H3. The van der Waals surface area contributed by atoms with Crippen molar-refractivity contribution in [2.75, 3.05) is 11.0 Å². The van der Waals surface area contributed by atoms with Crippen LogP contribution in [0.5, 0.6) is 0 Å². The van der Waals surface area contributed by atoms with Crippen LogP contribution in [0.15, 0.2) is 0 Å². The minimum atomic E-state index is -1.01. The van der Waals surface area contributed by atoms with Gasteiger partial charge in [0.2, 0.25) is 0 Å². The highest BCUT2D eigenvalue weighted by molar-refractivity contribution is 6.72. The number of halogens is 2. The molecule has 0 heterocycles. The molecule has 1 nitrogen and oxygen atoms in total. The van der Waals surface area contributed by atoms with Gasteiger partial charge in [-0.2, -0.15) is 0 Å². The Morgan fingerprint density at radius 3 is 1.67 bits per heavy atom. The molecule has 0 aliphatic rings. The van der Waals surface area contributed by atoms with Gasteiger partial charge in [0.1, 0.15) is 0 Å². The predicted octanol–water partition coefficient (Wildman–Crippen LogP) is 1.27. The molecule has 0 saturated heterocycles. The van der Waals surface area contributed by atoms with Crippen molar-refractivity contribution in [3.63, 3.8) is 0 Å². The molecule has 0 aromatic heterocycles. The van der Waals surface area contributed by atoms with Crippen LogP contribution in [0.3, 0.4) is 0 Å². The molecule has 0 aliphatic carbocycles. The average Bonchev–Trinajstić information content (AvgIpc) is 1.87. The first-order valence-corrected chi connectivity index (χ1v) is 8.93. The molecular formula is C4H12Cl2OSi2.